The Morgan fingerprint density at radius 2 is 1.56 bits per heavy atom. The number of amides is 1. The maximum Gasteiger partial charge on any atom is 0.214 e. The lowest BCUT2D eigenvalue weighted by Gasteiger charge is -2.20. The fourth-order valence-corrected chi connectivity index (χ4v) is 1.27. The van der Waals surface area contributed by atoms with E-state index in [1.807, 2.05) is 12.1 Å². The normalized spacial score (nSPS) is 8.94. The van der Waals surface area contributed by atoms with E-state index in [-0.39, 0.29) is 5.91 Å². The van der Waals surface area contributed by atoms with Crippen LogP contribution in [0.15, 0.2) is 24.3 Å². The molecule has 0 fully saturated rings. The quantitative estimate of drug-likeness (QED) is 0.765. The number of nitrogen functional groups attached to an aromatic ring is 1. The van der Waals surface area contributed by atoms with Gasteiger partial charge >= 0.3 is 0 Å². The molecule has 1 amide bonds. The van der Waals surface area contributed by atoms with Gasteiger partial charge in [-0.15, -0.1) is 0 Å². The highest BCUT2D eigenvalue weighted by atomic mass is 16.1. The minimum atomic E-state index is -0.333. The molecule has 1 aromatic carbocycles. The van der Waals surface area contributed by atoms with Crippen LogP contribution >= 0.6 is 0 Å². The van der Waals surface area contributed by atoms with E-state index < -0.39 is 0 Å². The molecule has 0 bridgehead atoms. The third-order valence-corrected chi connectivity index (χ3v) is 2.02. The van der Waals surface area contributed by atoms with Crippen LogP contribution in [0.2, 0.25) is 0 Å². The summed E-state index contributed by atoms with van der Waals surface area (Å²) in [6, 6.07) is 7.99. The van der Waals surface area contributed by atoms with Crippen LogP contribution in [0.1, 0.15) is 20.8 Å². The Morgan fingerprint density at radius 1 is 1.19 bits per heavy atom. The Hall–Kier alpha value is -1.71. The van der Waals surface area contributed by atoms with Crippen molar-refractivity contribution in [1.82, 2.24) is 0 Å². The number of hydrogen-bond donors (Lipinski definition) is 2. The summed E-state index contributed by atoms with van der Waals surface area (Å²) in [4.78, 5) is 11.5. The number of nitrogens with two attached hydrogens (primary N) is 2. The van der Waals surface area contributed by atoms with Gasteiger partial charge in [0.25, 0.3) is 0 Å². The van der Waals surface area contributed by atoms with E-state index in [1.165, 1.54) is 12.6 Å². The van der Waals surface area contributed by atoms with Crippen molar-refractivity contribution in [2.24, 2.45) is 5.73 Å². The molecule has 90 valence electrons. The first-order valence-electron chi connectivity index (χ1n) is 5.37. The molecule has 0 atom stereocenters. The number of carbonyl (C=O) groups excluding carboxylic acids is 1. The molecule has 0 heterocycles. The van der Waals surface area contributed by atoms with E-state index in [1.54, 1.807) is 0 Å². The second kappa shape index (κ2) is 7.56. The number of nitrogens with zero attached hydrogens (tertiary/aromatic N) is 1. The number of hydrogen-bond acceptors (Lipinski definition) is 3. The molecule has 0 radical (unpaired) electrons. The number of benzene rings is 1. The Bertz CT molecular complexity index is 301. The van der Waals surface area contributed by atoms with Crippen LogP contribution in [-0.2, 0) is 4.79 Å². The SMILES string of the molecule is CC(N)=O.CCN(CC)c1ccc(N)cc1. The second-order valence-corrected chi connectivity index (χ2v) is 3.37. The molecular formula is C12H21N3O. The molecule has 0 aliphatic heterocycles. The van der Waals surface area contributed by atoms with Crippen LogP contribution in [0.3, 0.4) is 0 Å². The number of carbonyl (C=O) groups is 1. The highest BCUT2D eigenvalue weighted by Gasteiger charge is 1.99. The maximum absolute atomic E-state index is 9.22. The van der Waals surface area contributed by atoms with Crippen LogP contribution in [0.25, 0.3) is 0 Å². The van der Waals surface area contributed by atoms with E-state index in [9.17, 15) is 4.79 Å². The van der Waals surface area contributed by atoms with Crippen LogP contribution in [-0.4, -0.2) is 19.0 Å². The highest BCUT2D eigenvalue weighted by molar-refractivity contribution is 5.70. The first-order valence-corrected chi connectivity index (χ1v) is 5.37. The van der Waals surface area contributed by atoms with Gasteiger partial charge in [0.2, 0.25) is 5.91 Å². The van der Waals surface area contributed by atoms with Crippen molar-refractivity contribution in [2.75, 3.05) is 23.7 Å². The average Bonchev–Trinajstić information content (AvgIpc) is 2.22. The molecule has 0 spiro atoms. The molecule has 0 saturated carbocycles. The van der Waals surface area contributed by atoms with Crippen molar-refractivity contribution >= 4 is 17.3 Å². The predicted molar refractivity (Wildman–Crippen MR) is 69.3 cm³/mol. The van der Waals surface area contributed by atoms with E-state index in [0.29, 0.717) is 0 Å². The molecule has 0 saturated heterocycles. The van der Waals surface area contributed by atoms with Crippen molar-refractivity contribution in [1.29, 1.82) is 0 Å². The third kappa shape index (κ3) is 5.90. The topological polar surface area (TPSA) is 72.4 Å². The van der Waals surface area contributed by atoms with Crippen molar-refractivity contribution in [2.45, 2.75) is 20.8 Å². The average molecular weight is 223 g/mol. The second-order valence-electron chi connectivity index (χ2n) is 3.37. The zero-order valence-corrected chi connectivity index (χ0v) is 10.2. The van der Waals surface area contributed by atoms with Gasteiger partial charge in [-0.3, -0.25) is 4.79 Å². The molecule has 16 heavy (non-hydrogen) atoms. The molecule has 1 rings (SSSR count). The molecule has 0 aliphatic carbocycles. The summed E-state index contributed by atoms with van der Waals surface area (Å²) in [6.07, 6.45) is 0. The number of anilines is 2. The van der Waals surface area contributed by atoms with Crippen LogP contribution in [0.5, 0.6) is 0 Å². The Labute approximate surface area is 97.2 Å². The molecule has 4 nitrogen and oxygen atoms in total. The van der Waals surface area contributed by atoms with Gasteiger partial charge in [-0.2, -0.15) is 0 Å². The molecule has 0 unspecified atom stereocenters. The number of rotatable bonds is 3. The number of primary amides is 1. The van der Waals surface area contributed by atoms with Gasteiger partial charge in [-0.05, 0) is 38.1 Å². The lowest BCUT2D eigenvalue weighted by Crippen LogP contribution is -2.21. The predicted octanol–water partition coefficient (Wildman–Crippen LogP) is 1.61. The maximum atomic E-state index is 9.22. The van der Waals surface area contributed by atoms with Crippen LogP contribution in [0, 0.1) is 0 Å². The summed E-state index contributed by atoms with van der Waals surface area (Å²) >= 11 is 0. The summed E-state index contributed by atoms with van der Waals surface area (Å²) in [7, 11) is 0. The summed E-state index contributed by atoms with van der Waals surface area (Å²) in [5, 5.41) is 0. The zero-order chi connectivity index (χ0) is 12.6. The monoisotopic (exact) mass is 223 g/mol. The molecule has 1 aromatic rings. The van der Waals surface area contributed by atoms with Gasteiger partial charge in [-0.1, -0.05) is 0 Å². The fraction of sp³-hybridized carbons (Fsp3) is 0.417. The lowest BCUT2D eigenvalue weighted by atomic mass is 10.2. The van der Waals surface area contributed by atoms with Crippen molar-refractivity contribution in [3.05, 3.63) is 24.3 Å². The summed E-state index contributed by atoms with van der Waals surface area (Å²) in [5.74, 6) is -0.333. The fourth-order valence-electron chi connectivity index (χ4n) is 1.27. The van der Waals surface area contributed by atoms with Gasteiger partial charge in [-0.25, -0.2) is 0 Å². The Kier molecular flexibility index (Phi) is 6.76. The molecule has 4 heteroatoms. The molecular weight excluding hydrogens is 202 g/mol. The Morgan fingerprint density at radius 3 is 1.88 bits per heavy atom. The minimum absolute atomic E-state index is 0.333. The van der Waals surface area contributed by atoms with Crippen molar-refractivity contribution < 1.29 is 4.79 Å². The van der Waals surface area contributed by atoms with Gasteiger partial charge in [0.05, 0.1) is 0 Å². The smallest absolute Gasteiger partial charge is 0.214 e. The summed E-state index contributed by atoms with van der Waals surface area (Å²) in [6.45, 7) is 7.69. The van der Waals surface area contributed by atoms with Crippen molar-refractivity contribution in [3.8, 4) is 0 Å². The first-order chi connectivity index (χ1) is 7.51. The molecule has 0 aliphatic rings. The van der Waals surface area contributed by atoms with Gasteiger partial charge in [0, 0.05) is 31.4 Å². The summed E-state index contributed by atoms with van der Waals surface area (Å²) in [5.41, 5.74) is 12.1. The molecule has 0 aromatic heterocycles. The minimum Gasteiger partial charge on any atom is -0.399 e. The standard InChI is InChI=1S/C10H16N2.C2H5NO/c1-3-12(4-2)10-7-5-9(11)6-8-10;1-2(3)4/h5-8H,3-4,11H2,1-2H3;1H3,(H2,3,4). The highest BCUT2D eigenvalue weighted by Crippen LogP contribution is 2.15. The van der Waals surface area contributed by atoms with E-state index in [2.05, 4.69) is 36.6 Å². The third-order valence-electron chi connectivity index (χ3n) is 2.02. The summed E-state index contributed by atoms with van der Waals surface area (Å²) < 4.78 is 0. The van der Waals surface area contributed by atoms with Crippen molar-refractivity contribution in [3.63, 3.8) is 0 Å². The van der Waals surface area contributed by atoms with Crippen LogP contribution < -0.4 is 16.4 Å². The van der Waals surface area contributed by atoms with Gasteiger partial charge < -0.3 is 16.4 Å². The molecule has 4 N–H and O–H groups in total. The zero-order valence-electron chi connectivity index (χ0n) is 10.2. The van der Waals surface area contributed by atoms with E-state index >= 15 is 0 Å². The largest absolute Gasteiger partial charge is 0.399 e. The Balaban J connectivity index is 0.000000487. The van der Waals surface area contributed by atoms with E-state index in [4.69, 9.17) is 5.73 Å². The van der Waals surface area contributed by atoms with E-state index in [0.717, 1.165) is 18.8 Å². The van der Waals surface area contributed by atoms with Gasteiger partial charge in [0.1, 0.15) is 0 Å². The van der Waals surface area contributed by atoms with Gasteiger partial charge in [0.15, 0.2) is 0 Å². The first kappa shape index (κ1) is 14.3. The van der Waals surface area contributed by atoms with Crippen LogP contribution in [0.4, 0.5) is 11.4 Å². The lowest BCUT2D eigenvalue weighted by molar-refractivity contribution is -0.115.